The number of rotatable bonds is 5. The molecule has 122 valence electrons. The number of ether oxygens (including phenoxy) is 1. The van der Waals surface area contributed by atoms with E-state index in [1.54, 1.807) is 6.07 Å². The number of phenols is 1. The van der Waals surface area contributed by atoms with Crippen LogP contribution in [0.25, 0.3) is 0 Å². The summed E-state index contributed by atoms with van der Waals surface area (Å²) >= 11 is 0. The predicted molar refractivity (Wildman–Crippen MR) is 92.9 cm³/mol. The fraction of sp³-hybridized carbons (Fsp3) is 0.278. The quantitative estimate of drug-likeness (QED) is 0.661. The molecule has 1 N–H and O–H groups in total. The van der Waals surface area contributed by atoms with Gasteiger partial charge in [-0.25, -0.2) is 4.79 Å². The lowest BCUT2D eigenvalue weighted by Crippen LogP contribution is -2.19. The predicted octanol–water partition coefficient (Wildman–Crippen LogP) is 4.11. The molecule has 2 aromatic rings. The molecule has 0 radical (unpaired) electrons. The summed E-state index contributed by atoms with van der Waals surface area (Å²) in [5.74, 6) is 0.211. The molecule has 0 aliphatic heterocycles. The number of benzene rings is 2. The van der Waals surface area contributed by atoms with Crippen LogP contribution in [0.15, 0.2) is 42.5 Å². The highest BCUT2D eigenvalue weighted by atomic mass is 31.1. The molecule has 0 fully saturated rings. The molecule has 0 saturated carbocycles. The molecule has 0 aromatic heterocycles. The Bertz CT molecular complexity index is 693. The van der Waals surface area contributed by atoms with Gasteiger partial charge in [-0.1, -0.05) is 32.0 Å². The monoisotopic (exact) mass is 332 g/mol. The van der Waals surface area contributed by atoms with Gasteiger partial charge in [-0.15, -0.1) is 0 Å². The molecule has 5 heteroatoms. The molecule has 4 nitrogen and oxygen atoms in total. The van der Waals surface area contributed by atoms with Crippen LogP contribution in [-0.4, -0.2) is 24.9 Å². The van der Waals surface area contributed by atoms with E-state index in [4.69, 9.17) is 9.26 Å². The summed E-state index contributed by atoms with van der Waals surface area (Å²) in [5.41, 5.74) is 1.85. The lowest BCUT2D eigenvalue weighted by molar-refractivity contribution is 0.0597. The van der Waals surface area contributed by atoms with Gasteiger partial charge in [0.25, 0.3) is 0 Å². The van der Waals surface area contributed by atoms with E-state index in [1.807, 2.05) is 37.0 Å². The van der Waals surface area contributed by atoms with Crippen LogP contribution in [0.1, 0.15) is 35.3 Å². The molecule has 2 aromatic carbocycles. The largest absolute Gasteiger partial charge is 0.507 e. The minimum atomic E-state index is -0.548. The molecule has 0 aliphatic rings. The van der Waals surface area contributed by atoms with Crippen LogP contribution >= 0.6 is 8.81 Å². The number of carbonyl (C=O) groups excluding carboxylic acids is 1. The summed E-state index contributed by atoms with van der Waals surface area (Å²) in [5, 5.41) is 9.85. The van der Waals surface area contributed by atoms with Gasteiger partial charge in [0.05, 0.1) is 15.9 Å². The first-order chi connectivity index (χ1) is 10.9. The third-order valence-electron chi connectivity index (χ3n) is 3.92. The Morgan fingerprint density at radius 1 is 1.09 bits per heavy atom. The van der Waals surface area contributed by atoms with E-state index < -0.39 is 5.97 Å². The van der Waals surface area contributed by atoms with Crippen LogP contribution in [-0.2, 0) is 10.2 Å². The van der Waals surface area contributed by atoms with E-state index in [-0.39, 0.29) is 16.7 Å². The van der Waals surface area contributed by atoms with Gasteiger partial charge < -0.3 is 14.4 Å². The van der Waals surface area contributed by atoms with E-state index in [2.05, 4.69) is 13.8 Å². The first-order valence-corrected chi connectivity index (χ1v) is 8.67. The van der Waals surface area contributed by atoms with Crippen LogP contribution in [0.5, 0.6) is 11.5 Å². The topological polar surface area (TPSA) is 55.8 Å². The highest BCUT2D eigenvalue weighted by molar-refractivity contribution is 7.31. The van der Waals surface area contributed by atoms with Gasteiger partial charge >= 0.3 is 5.97 Å². The molecular weight excluding hydrogens is 311 g/mol. The Morgan fingerprint density at radius 3 is 2.26 bits per heavy atom. The number of carbonyl (C=O) groups is 1. The highest BCUT2D eigenvalue weighted by Crippen LogP contribution is 2.35. The van der Waals surface area contributed by atoms with Crippen molar-refractivity contribution >= 4 is 14.8 Å². The zero-order chi connectivity index (χ0) is 17.0. The maximum Gasteiger partial charge on any atom is 0.341 e. The van der Waals surface area contributed by atoms with Crippen molar-refractivity contribution in [3.05, 3.63) is 59.2 Å². The smallest absolute Gasteiger partial charge is 0.341 e. The second-order valence-electron chi connectivity index (χ2n) is 5.68. The van der Waals surface area contributed by atoms with Gasteiger partial charge in [0.2, 0.25) is 0 Å². The van der Waals surface area contributed by atoms with Crippen LogP contribution in [0.2, 0.25) is 0 Å². The van der Waals surface area contributed by atoms with Crippen LogP contribution in [0.3, 0.4) is 0 Å². The zero-order valence-electron chi connectivity index (χ0n) is 13.7. The van der Waals surface area contributed by atoms with E-state index in [9.17, 15) is 9.90 Å². The molecule has 0 aliphatic carbocycles. The maximum atomic E-state index is 11.8. The van der Waals surface area contributed by atoms with Crippen molar-refractivity contribution in [1.82, 2.24) is 0 Å². The van der Waals surface area contributed by atoms with Crippen molar-refractivity contribution in [2.24, 2.45) is 0 Å². The fourth-order valence-corrected chi connectivity index (χ4v) is 2.79. The van der Waals surface area contributed by atoms with Gasteiger partial charge in [-0.05, 0) is 42.1 Å². The maximum absolute atomic E-state index is 11.8. The average Bonchev–Trinajstić information content (AvgIpc) is 2.55. The van der Waals surface area contributed by atoms with Crippen molar-refractivity contribution < 1.29 is 19.2 Å². The van der Waals surface area contributed by atoms with Gasteiger partial charge in [0, 0.05) is 5.41 Å². The van der Waals surface area contributed by atoms with Gasteiger partial charge in [-0.2, -0.15) is 0 Å². The number of aromatic hydroxyl groups is 1. The van der Waals surface area contributed by atoms with Crippen molar-refractivity contribution in [2.75, 3.05) is 13.8 Å². The van der Waals surface area contributed by atoms with E-state index in [0.29, 0.717) is 8.81 Å². The van der Waals surface area contributed by atoms with Crippen LogP contribution < -0.4 is 4.52 Å². The third kappa shape index (κ3) is 3.65. The second-order valence-corrected chi connectivity index (χ2v) is 6.29. The molecule has 0 amide bonds. The van der Waals surface area contributed by atoms with Crippen LogP contribution in [0.4, 0.5) is 0 Å². The van der Waals surface area contributed by atoms with Crippen molar-refractivity contribution in [3.63, 3.8) is 0 Å². The lowest BCUT2D eigenvalue weighted by Gasteiger charge is -2.27. The molecule has 0 saturated heterocycles. The SMILES string of the molecule is COC(=O)c1cc(C(C)(C)c2ccc(OPC)cc2)ccc1O. The Labute approximate surface area is 138 Å². The summed E-state index contributed by atoms with van der Waals surface area (Å²) in [4.78, 5) is 11.8. The van der Waals surface area contributed by atoms with Crippen LogP contribution in [0, 0.1) is 0 Å². The Hall–Kier alpha value is -2.06. The normalized spacial score (nSPS) is 11.7. The minimum absolute atomic E-state index is 0.0796. The standard InChI is InChI=1S/C18H21O4P/c1-18(2,12-5-8-14(9-6-12)22-23-4)13-7-10-16(19)15(11-13)17(20)21-3/h5-11,19,23H,1-4H3. The Morgan fingerprint density at radius 2 is 1.70 bits per heavy atom. The zero-order valence-corrected chi connectivity index (χ0v) is 14.7. The number of hydrogen-bond acceptors (Lipinski definition) is 4. The van der Waals surface area contributed by atoms with E-state index >= 15 is 0 Å². The first kappa shape index (κ1) is 17.3. The van der Waals surface area contributed by atoms with Gasteiger partial charge in [-0.3, -0.25) is 0 Å². The van der Waals surface area contributed by atoms with Gasteiger partial charge in [0.1, 0.15) is 17.1 Å². The lowest BCUT2D eigenvalue weighted by atomic mass is 9.77. The molecule has 0 heterocycles. The number of esters is 1. The molecule has 0 bridgehead atoms. The van der Waals surface area contributed by atoms with Crippen molar-refractivity contribution in [1.29, 1.82) is 0 Å². The number of methoxy groups -OCH3 is 1. The highest BCUT2D eigenvalue weighted by Gasteiger charge is 2.25. The summed E-state index contributed by atoms with van der Waals surface area (Å²) in [6, 6.07) is 12.9. The molecular formula is C18H21O4P. The summed E-state index contributed by atoms with van der Waals surface area (Å²) < 4.78 is 10.2. The molecule has 0 spiro atoms. The molecule has 23 heavy (non-hydrogen) atoms. The number of phenolic OH excluding ortho intramolecular Hbond substituents is 1. The fourth-order valence-electron chi connectivity index (χ4n) is 2.42. The Kier molecular flexibility index (Phi) is 5.27. The second kappa shape index (κ2) is 7.01. The number of hydrogen-bond donors (Lipinski definition) is 1. The molecule has 1 atom stereocenters. The first-order valence-electron chi connectivity index (χ1n) is 7.26. The van der Waals surface area contributed by atoms with E-state index in [0.717, 1.165) is 16.9 Å². The molecule has 1 unspecified atom stereocenters. The summed E-state index contributed by atoms with van der Waals surface area (Å²) in [6.45, 7) is 6.11. The summed E-state index contributed by atoms with van der Waals surface area (Å²) in [7, 11) is 1.70. The molecule has 2 rings (SSSR count). The third-order valence-corrected chi connectivity index (χ3v) is 4.36. The summed E-state index contributed by atoms with van der Waals surface area (Å²) in [6.07, 6.45) is 0. The van der Waals surface area contributed by atoms with Crippen molar-refractivity contribution in [2.45, 2.75) is 19.3 Å². The van der Waals surface area contributed by atoms with E-state index in [1.165, 1.54) is 13.2 Å². The van der Waals surface area contributed by atoms with Gasteiger partial charge in [0.15, 0.2) is 0 Å². The Balaban J connectivity index is 2.40. The average molecular weight is 332 g/mol. The van der Waals surface area contributed by atoms with Crippen molar-refractivity contribution in [3.8, 4) is 11.5 Å². The minimum Gasteiger partial charge on any atom is -0.507 e.